The van der Waals surface area contributed by atoms with Crippen LogP contribution in [0.2, 0.25) is 0 Å². The monoisotopic (exact) mass is 265 g/mol. The first-order valence-electron chi connectivity index (χ1n) is 5.90. The molecule has 0 aliphatic heterocycles. The van der Waals surface area contributed by atoms with Crippen molar-refractivity contribution in [3.63, 3.8) is 0 Å². The summed E-state index contributed by atoms with van der Waals surface area (Å²) in [5.41, 5.74) is 1.45. The van der Waals surface area contributed by atoms with Gasteiger partial charge in [-0.3, -0.25) is 0 Å². The van der Waals surface area contributed by atoms with Crippen molar-refractivity contribution in [1.82, 2.24) is 0 Å². The van der Waals surface area contributed by atoms with E-state index >= 15 is 0 Å². The van der Waals surface area contributed by atoms with Gasteiger partial charge in [0.1, 0.15) is 5.76 Å². The molecule has 4 heteroatoms. The van der Waals surface area contributed by atoms with Gasteiger partial charge in [0.25, 0.3) is 0 Å². The summed E-state index contributed by atoms with van der Waals surface area (Å²) in [5, 5.41) is 9.28. The average molecular weight is 265 g/mol. The molecule has 0 amide bonds. The minimum absolute atomic E-state index is 0.379. The van der Waals surface area contributed by atoms with E-state index in [0.29, 0.717) is 11.8 Å². The van der Waals surface area contributed by atoms with Crippen molar-refractivity contribution in [2.75, 3.05) is 0 Å². The number of hydrogen-bond donors (Lipinski definition) is 1. The van der Waals surface area contributed by atoms with Crippen LogP contribution >= 0.6 is 0 Å². The maximum Gasteiger partial charge on any atom is 0.311 e. The number of rotatable bonds is 5. The van der Waals surface area contributed by atoms with Crippen LogP contribution in [0.25, 0.3) is 0 Å². The van der Waals surface area contributed by atoms with Crippen LogP contribution in [-0.4, -0.2) is 16.7 Å². The zero-order valence-electron chi connectivity index (χ0n) is 11.1. The van der Waals surface area contributed by atoms with Crippen molar-refractivity contribution in [3.05, 3.63) is 54.3 Å². The van der Waals surface area contributed by atoms with E-state index in [1.165, 1.54) is 0 Å². The Morgan fingerprint density at radius 3 is 2.53 bits per heavy atom. The number of aryl methyl sites for hydroxylation is 2. The molecule has 0 fully saturated rings. The maximum absolute atomic E-state index is 13.6. The highest BCUT2D eigenvalue weighted by atomic mass is 19.3. The molecule has 1 aromatic rings. The van der Waals surface area contributed by atoms with Crippen LogP contribution in [0.4, 0.5) is 14.5 Å². The first-order valence-corrected chi connectivity index (χ1v) is 5.90. The quantitative estimate of drug-likeness (QED) is 0.474. The fourth-order valence-corrected chi connectivity index (χ4v) is 1.61. The Hall–Kier alpha value is -1.97. The van der Waals surface area contributed by atoms with Crippen molar-refractivity contribution in [1.29, 1.82) is 0 Å². The van der Waals surface area contributed by atoms with Gasteiger partial charge in [-0.1, -0.05) is 32.2 Å². The predicted octanol–water partition coefficient (Wildman–Crippen LogP) is 4.52. The van der Waals surface area contributed by atoms with E-state index in [9.17, 15) is 13.9 Å². The van der Waals surface area contributed by atoms with Crippen LogP contribution < -0.4 is 0 Å². The molecule has 0 saturated carbocycles. The minimum atomic E-state index is -3.41. The second kappa shape index (κ2) is 5.78. The van der Waals surface area contributed by atoms with Crippen LogP contribution in [0.15, 0.2) is 48.2 Å². The number of aliphatic hydroxyl groups is 1. The highest BCUT2D eigenvalue weighted by Crippen LogP contribution is 2.26. The lowest BCUT2D eigenvalue weighted by Crippen LogP contribution is -2.27. The number of aliphatic hydroxyl groups excluding tert-OH is 1. The second-order valence-electron chi connectivity index (χ2n) is 4.21. The largest absolute Gasteiger partial charge is 0.506 e. The summed E-state index contributed by atoms with van der Waals surface area (Å²) in [6, 6.07) is 5.34. The Bertz CT molecular complexity index is 533. The zero-order chi connectivity index (χ0) is 14.6. The van der Waals surface area contributed by atoms with Gasteiger partial charge in [0.15, 0.2) is 5.71 Å². The smallest absolute Gasteiger partial charge is 0.311 e. The number of halogens is 2. The molecule has 0 aromatic heterocycles. The Labute approximate surface area is 111 Å². The average Bonchev–Trinajstić information content (AvgIpc) is 2.36. The van der Waals surface area contributed by atoms with Crippen molar-refractivity contribution >= 4 is 11.4 Å². The molecular weight excluding hydrogens is 248 g/mol. The van der Waals surface area contributed by atoms with Gasteiger partial charge in [-0.05, 0) is 36.6 Å². The first kappa shape index (κ1) is 15.1. The van der Waals surface area contributed by atoms with E-state index in [1.54, 1.807) is 13.0 Å². The number of hydrogen-bond acceptors (Lipinski definition) is 2. The van der Waals surface area contributed by atoms with Crippen molar-refractivity contribution in [2.24, 2.45) is 4.99 Å². The van der Waals surface area contributed by atoms with E-state index in [-0.39, 0.29) is 0 Å². The summed E-state index contributed by atoms with van der Waals surface area (Å²) in [6.07, 6.45) is 1.29. The molecule has 0 bridgehead atoms. The Kier molecular flexibility index (Phi) is 4.59. The van der Waals surface area contributed by atoms with E-state index in [0.717, 1.165) is 17.5 Å². The zero-order valence-corrected chi connectivity index (χ0v) is 11.1. The standard InChI is InChI=1S/C15H17F2NO/c1-5-12-7-8-13(10(3)9-12)18-14(11(4)19)15(16,17)6-2/h6-9,19H,2,4-5H2,1,3H3. The third-order valence-corrected chi connectivity index (χ3v) is 2.75. The molecule has 0 unspecified atom stereocenters. The lowest BCUT2D eigenvalue weighted by Gasteiger charge is -2.14. The van der Waals surface area contributed by atoms with E-state index < -0.39 is 17.4 Å². The molecule has 0 aliphatic carbocycles. The van der Waals surface area contributed by atoms with Gasteiger partial charge in [0.2, 0.25) is 0 Å². The normalized spacial score (nSPS) is 12.3. The van der Waals surface area contributed by atoms with Gasteiger partial charge >= 0.3 is 5.92 Å². The number of nitrogens with zero attached hydrogens (tertiary/aromatic N) is 1. The summed E-state index contributed by atoms with van der Waals surface area (Å²) in [7, 11) is 0. The minimum Gasteiger partial charge on any atom is -0.506 e. The fourth-order valence-electron chi connectivity index (χ4n) is 1.61. The summed E-state index contributed by atoms with van der Waals surface area (Å²) >= 11 is 0. The molecule has 0 spiro atoms. The van der Waals surface area contributed by atoms with Gasteiger partial charge in [0, 0.05) is 0 Å². The molecule has 0 heterocycles. The van der Waals surface area contributed by atoms with Gasteiger partial charge in [-0.25, -0.2) is 4.99 Å². The van der Waals surface area contributed by atoms with Gasteiger partial charge in [-0.15, -0.1) is 0 Å². The first-order chi connectivity index (χ1) is 8.81. The SMILES string of the molecule is C=CC(F)(F)C(=Nc1ccc(CC)cc1C)C(=C)O. The van der Waals surface area contributed by atoms with E-state index in [4.69, 9.17) is 0 Å². The second-order valence-corrected chi connectivity index (χ2v) is 4.21. The highest BCUT2D eigenvalue weighted by molar-refractivity contribution is 6.05. The van der Waals surface area contributed by atoms with Crippen LogP contribution in [0.5, 0.6) is 0 Å². The molecule has 1 N–H and O–H groups in total. The molecule has 19 heavy (non-hydrogen) atoms. The molecule has 1 rings (SSSR count). The topological polar surface area (TPSA) is 32.6 Å². The molecular formula is C15H17F2NO. The predicted molar refractivity (Wildman–Crippen MR) is 74.6 cm³/mol. The Morgan fingerprint density at radius 1 is 1.47 bits per heavy atom. The van der Waals surface area contributed by atoms with Crippen molar-refractivity contribution in [3.8, 4) is 0 Å². The Morgan fingerprint density at radius 2 is 2.11 bits per heavy atom. The third kappa shape index (κ3) is 3.50. The van der Waals surface area contributed by atoms with Crippen molar-refractivity contribution in [2.45, 2.75) is 26.2 Å². The number of alkyl halides is 2. The molecule has 2 nitrogen and oxygen atoms in total. The maximum atomic E-state index is 13.6. The molecule has 0 saturated heterocycles. The van der Waals surface area contributed by atoms with E-state index in [1.807, 2.05) is 19.1 Å². The van der Waals surface area contributed by atoms with Gasteiger partial charge in [0.05, 0.1) is 5.69 Å². The molecule has 1 aromatic carbocycles. The molecule has 0 aliphatic rings. The summed E-state index contributed by atoms with van der Waals surface area (Å²) < 4.78 is 27.1. The van der Waals surface area contributed by atoms with Crippen LogP contribution in [0, 0.1) is 6.92 Å². The fraction of sp³-hybridized carbons (Fsp3) is 0.267. The van der Waals surface area contributed by atoms with Crippen molar-refractivity contribution < 1.29 is 13.9 Å². The summed E-state index contributed by atoms with van der Waals surface area (Å²) in [6.45, 7) is 9.95. The van der Waals surface area contributed by atoms with E-state index in [2.05, 4.69) is 18.2 Å². The lowest BCUT2D eigenvalue weighted by molar-refractivity contribution is 0.132. The molecule has 102 valence electrons. The van der Waals surface area contributed by atoms with Gasteiger partial charge < -0.3 is 5.11 Å². The van der Waals surface area contributed by atoms with Crippen LogP contribution in [-0.2, 0) is 6.42 Å². The summed E-state index contributed by atoms with van der Waals surface area (Å²) in [5.74, 6) is -4.18. The Balaban J connectivity index is 3.31. The van der Waals surface area contributed by atoms with Gasteiger partial charge in [-0.2, -0.15) is 8.78 Å². The lowest BCUT2D eigenvalue weighted by atomic mass is 10.1. The van der Waals surface area contributed by atoms with Crippen LogP contribution in [0.1, 0.15) is 18.1 Å². The summed E-state index contributed by atoms with van der Waals surface area (Å²) in [4.78, 5) is 3.82. The third-order valence-electron chi connectivity index (χ3n) is 2.75. The van der Waals surface area contributed by atoms with Crippen LogP contribution in [0.3, 0.4) is 0 Å². The number of benzene rings is 1. The number of aliphatic imine (C=N–C) groups is 1. The molecule has 0 radical (unpaired) electrons. The highest BCUT2D eigenvalue weighted by Gasteiger charge is 2.34. The number of allylic oxidation sites excluding steroid dienone is 2. The molecule has 0 atom stereocenters.